The molecule has 0 spiro atoms. The van der Waals surface area contributed by atoms with Gasteiger partial charge in [-0.05, 0) is 50.9 Å². The smallest absolute Gasteiger partial charge is 0.140 e. The van der Waals surface area contributed by atoms with Crippen molar-refractivity contribution in [2.45, 2.75) is 17.6 Å². The third-order valence-corrected chi connectivity index (χ3v) is 7.92. The van der Waals surface area contributed by atoms with Crippen LogP contribution in [-0.4, -0.2) is 10.2 Å². The van der Waals surface area contributed by atoms with Crippen LogP contribution in [-0.2, 0) is 17.6 Å². The molecule has 0 aliphatic rings. The summed E-state index contributed by atoms with van der Waals surface area (Å²) in [4.78, 5) is 0. The number of hydrogen-bond acceptors (Lipinski definition) is 2. The molecule has 6 aromatic rings. The van der Waals surface area contributed by atoms with Gasteiger partial charge in [0.05, 0.1) is 0 Å². The van der Waals surface area contributed by atoms with Crippen LogP contribution in [0.4, 0.5) is 0 Å². The molecule has 2 nitrogen and oxygen atoms in total. The highest BCUT2D eigenvalue weighted by Gasteiger charge is 2.34. The summed E-state index contributed by atoms with van der Waals surface area (Å²) in [6, 6.07) is 55.7. The first-order valence-electron chi connectivity index (χ1n) is 13.9. The van der Waals surface area contributed by atoms with Crippen LogP contribution in [0.25, 0.3) is 0 Å². The molecule has 0 fully saturated rings. The van der Waals surface area contributed by atoms with Gasteiger partial charge in [0, 0.05) is 0 Å². The Hall–Kier alpha value is -4.76. The minimum absolute atomic E-state index is 0.741. The Morgan fingerprint density at radius 3 is 0.756 bits per heavy atom. The lowest BCUT2D eigenvalue weighted by Crippen LogP contribution is -2.28. The van der Waals surface area contributed by atoms with Crippen molar-refractivity contribution in [1.82, 2.24) is 0 Å². The number of rotatable bonds is 8. The molecule has 0 amide bonds. The van der Waals surface area contributed by atoms with Gasteiger partial charge in [-0.3, -0.25) is 0 Å². The Morgan fingerprint density at radius 2 is 0.512 bits per heavy atom. The van der Waals surface area contributed by atoms with Crippen LogP contribution in [0, 0.1) is 0 Å². The Morgan fingerprint density at radius 1 is 0.293 bits per heavy atom. The summed E-state index contributed by atoms with van der Waals surface area (Å²) in [6.07, 6.45) is 0.741. The highest BCUT2D eigenvalue weighted by molar-refractivity contribution is 5.49. The van der Waals surface area contributed by atoms with Crippen LogP contribution in [0.5, 0.6) is 0 Å². The van der Waals surface area contributed by atoms with E-state index in [1.54, 1.807) is 0 Å². The third kappa shape index (κ3) is 5.12. The molecule has 0 aliphatic heterocycles. The highest BCUT2D eigenvalue weighted by atomic mass is 16.3. The van der Waals surface area contributed by atoms with Crippen molar-refractivity contribution in [3.63, 3.8) is 0 Å². The van der Waals surface area contributed by atoms with E-state index in [0.717, 1.165) is 50.9 Å². The number of benzene rings is 6. The molecule has 2 heteroatoms. The van der Waals surface area contributed by atoms with E-state index in [1.165, 1.54) is 0 Å². The zero-order valence-corrected chi connectivity index (χ0v) is 22.8. The maximum absolute atomic E-state index is 12.1. The fourth-order valence-corrected chi connectivity index (χ4v) is 5.68. The zero-order chi connectivity index (χ0) is 28.1. The van der Waals surface area contributed by atoms with Crippen LogP contribution in [0.1, 0.15) is 44.5 Å². The van der Waals surface area contributed by atoms with Gasteiger partial charge < -0.3 is 10.2 Å². The van der Waals surface area contributed by atoms with Gasteiger partial charge in [-0.1, -0.05) is 170 Å². The van der Waals surface area contributed by atoms with Gasteiger partial charge in [-0.25, -0.2) is 0 Å². The maximum atomic E-state index is 12.1. The van der Waals surface area contributed by atoms with Crippen molar-refractivity contribution in [1.29, 1.82) is 0 Å². The molecule has 2 N–H and O–H groups in total. The van der Waals surface area contributed by atoms with Crippen LogP contribution in [0.3, 0.4) is 0 Å². The normalized spacial score (nSPS) is 11.8. The highest BCUT2D eigenvalue weighted by Crippen LogP contribution is 2.38. The summed E-state index contributed by atoms with van der Waals surface area (Å²) >= 11 is 0. The molecule has 0 bridgehead atoms. The molecule has 0 radical (unpaired) electrons. The molecule has 0 heterocycles. The van der Waals surface area contributed by atoms with E-state index < -0.39 is 11.2 Å². The van der Waals surface area contributed by atoms with Gasteiger partial charge in [0.15, 0.2) is 0 Å². The molecule has 6 rings (SSSR count). The second-order valence-corrected chi connectivity index (χ2v) is 10.5. The van der Waals surface area contributed by atoms with E-state index in [0.29, 0.717) is 0 Å². The van der Waals surface area contributed by atoms with Gasteiger partial charge in [0.2, 0.25) is 0 Å². The van der Waals surface area contributed by atoms with E-state index in [-0.39, 0.29) is 0 Å². The first-order valence-corrected chi connectivity index (χ1v) is 13.9. The molecule has 200 valence electrons. The fourth-order valence-electron chi connectivity index (χ4n) is 5.68. The largest absolute Gasteiger partial charge is 0.376 e. The molecule has 41 heavy (non-hydrogen) atoms. The third-order valence-electron chi connectivity index (χ3n) is 7.92. The average molecular weight is 533 g/mol. The molecular weight excluding hydrogens is 500 g/mol. The molecule has 0 saturated carbocycles. The summed E-state index contributed by atoms with van der Waals surface area (Å²) < 4.78 is 0. The van der Waals surface area contributed by atoms with Gasteiger partial charge in [-0.2, -0.15) is 0 Å². The van der Waals surface area contributed by atoms with Crippen molar-refractivity contribution < 1.29 is 10.2 Å². The Kier molecular flexibility index (Phi) is 7.35. The predicted octanol–water partition coefficient (Wildman–Crippen LogP) is 7.85. The van der Waals surface area contributed by atoms with Crippen LogP contribution in [0.15, 0.2) is 170 Å². The lowest BCUT2D eigenvalue weighted by Gasteiger charge is -2.30. The Balaban J connectivity index is 1.28. The summed E-state index contributed by atoms with van der Waals surface area (Å²) in [5, 5.41) is 24.2. The van der Waals surface area contributed by atoms with E-state index in [2.05, 4.69) is 24.3 Å². The average Bonchev–Trinajstić information content (AvgIpc) is 3.06. The van der Waals surface area contributed by atoms with Crippen molar-refractivity contribution in [2.75, 3.05) is 0 Å². The van der Waals surface area contributed by atoms with Gasteiger partial charge in [0.1, 0.15) is 11.2 Å². The number of aliphatic hydroxyl groups is 2. The standard InChI is InChI=1S/C39H32O2/c40-38(32-13-5-1-6-14-32,33-15-7-2-8-16-33)36-25-21-30(22-26-36)29-31-23-27-37(28-24-31)39(41,34-17-9-3-10-18-34)35-19-11-4-12-20-35/h1-28,40-41H,29H2. The van der Waals surface area contributed by atoms with E-state index in [1.807, 2.05) is 146 Å². The summed E-state index contributed by atoms with van der Waals surface area (Å²) in [6.45, 7) is 0. The van der Waals surface area contributed by atoms with E-state index >= 15 is 0 Å². The summed E-state index contributed by atoms with van der Waals surface area (Å²) in [7, 11) is 0. The molecule has 0 aliphatic carbocycles. The topological polar surface area (TPSA) is 40.5 Å². The molecule has 0 aromatic heterocycles. The van der Waals surface area contributed by atoms with E-state index in [4.69, 9.17) is 0 Å². The van der Waals surface area contributed by atoms with Gasteiger partial charge in [-0.15, -0.1) is 0 Å². The van der Waals surface area contributed by atoms with Crippen LogP contribution < -0.4 is 0 Å². The lowest BCUT2D eigenvalue weighted by atomic mass is 9.79. The molecule has 0 atom stereocenters. The van der Waals surface area contributed by atoms with Gasteiger partial charge in [0.25, 0.3) is 0 Å². The first kappa shape index (κ1) is 26.5. The zero-order valence-electron chi connectivity index (χ0n) is 22.8. The van der Waals surface area contributed by atoms with Gasteiger partial charge >= 0.3 is 0 Å². The SMILES string of the molecule is OC(c1ccccc1)(c1ccccc1)c1ccc(Cc2ccc(C(O)(c3ccccc3)c3ccccc3)cc2)cc1. The summed E-state index contributed by atoms with van der Waals surface area (Å²) in [5.74, 6) is 0. The van der Waals surface area contributed by atoms with Crippen LogP contribution >= 0.6 is 0 Å². The Bertz CT molecular complexity index is 1470. The summed E-state index contributed by atoms with van der Waals surface area (Å²) in [5.41, 5.74) is 4.77. The molecule has 0 saturated heterocycles. The van der Waals surface area contributed by atoms with Crippen molar-refractivity contribution >= 4 is 0 Å². The monoisotopic (exact) mass is 532 g/mol. The van der Waals surface area contributed by atoms with E-state index in [9.17, 15) is 10.2 Å². The molecule has 6 aromatic carbocycles. The van der Waals surface area contributed by atoms with Crippen LogP contribution in [0.2, 0.25) is 0 Å². The minimum atomic E-state index is -1.25. The fraction of sp³-hybridized carbons (Fsp3) is 0.0769. The lowest BCUT2D eigenvalue weighted by molar-refractivity contribution is 0.125. The van der Waals surface area contributed by atoms with Crippen molar-refractivity contribution in [2.24, 2.45) is 0 Å². The van der Waals surface area contributed by atoms with Crippen molar-refractivity contribution in [3.8, 4) is 0 Å². The molecule has 0 unspecified atom stereocenters. The second kappa shape index (κ2) is 11.4. The minimum Gasteiger partial charge on any atom is -0.376 e. The quantitative estimate of drug-likeness (QED) is 0.196. The molecular formula is C39H32O2. The second-order valence-electron chi connectivity index (χ2n) is 10.5. The Labute approximate surface area is 241 Å². The van der Waals surface area contributed by atoms with Crippen molar-refractivity contribution in [3.05, 3.63) is 214 Å². The predicted molar refractivity (Wildman–Crippen MR) is 166 cm³/mol. The maximum Gasteiger partial charge on any atom is 0.140 e. The first-order chi connectivity index (χ1) is 20.1. The number of hydrogen-bond donors (Lipinski definition) is 2.